The molecule has 0 radical (unpaired) electrons. The second kappa shape index (κ2) is 9.15. The summed E-state index contributed by atoms with van der Waals surface area (Å²) < 4.78 is 5.62. The topological polar surface area (TPSA) is 74.4 Å². The van der Waals surface area contributed by atoms with Crippen molar-refractivity contribution in [3.05, 3.63) is 36.0 Å². The summed E-state index contributed by atoms with van der Waals surface area (Å²) >= 11 is 0. The Morgan fingerprint density at radius 2 is 2.05 bits per heavy atom. The fourth-order valence-corrected chi connectivity index (χ4v) is 1.90. The van der Waals surface area contributed by atoms with Crippen LogP contribution in [0.15, 0.2) is 36.0 Å². The maximum atomic E-state index is 7.25. The quantitative estimate of drug-likeness (QED) is 0.610. The first-order valence-corrected chi connectivity index (χ1v) is 7.17. The van der Waals surface area contributed by atoms with Gasteiger partial charge in [0.25, 0.3) is 0 Å². The number of nitrogens with two attached hydrogens (primary N) is 1. The Labute approximate surface area is 127 Å². The van der Waals surface area contributed by atoms with Gasteiger partial charge in [0.05, 0.1) is 6.10 Å². The average molecular weight is 290 g/mol. The third-order valence-electron chi connectivity index (χ3n) is 2.77. The maximum Gasteiger partial charge on any atom is 0.119 e. The minimum absolute atomic E-state index is 0.169. The van der Waals surface area contributed by atoms with Gasteiger partial charge in [-0.05, 0) is 51.2 Å². The summed E-state index contributed by atoms with van der Waals surface area (Å²) in [6, 6.07) is 7.82. The monoisotopic (exact) mass is 290 g/mol. The van der Waals surface area contributed by atoms with E-state index in [2.05, 4.69) is 10.2 Å². The summed E-state index contributed by atoms with van der Waals surface area (Å²) in [6.45, 7) is 6.17. The molecule has 0 unspecified atom stereocenters. The van der Waals surface area contributed by atoms with E-state index < -0.39 is 0 Å². The lowest BCUT2D eigenvalue weighted by atomic mass is 10.2. The number of likely N-dealkylation sites (N-methyl/N-ethyl adjacent to an activating group) is 1. The van der Waals surface area contributed by atoms with Crippen LogP contribution in [0, 0.1) is 5.41 Å². The zero-order valence-corrected chi connectivity index (χ0v) is 13.1. The SMILES string of the molecule is CC(C)Oc1ccc(N/C(=C\C=N)CN(C)CCN)cc1. The van der Waals surface area contributed by atoms with Gasteiger partial charge in [0, 0.05) is 37.2 Å². The van der Waals surface area contributed by atoms with Gasteiger partial charge in [-0.1, -0.05) is 0 Å². The first kappa shape index (κ1) is 17.2. The normalized spacial score (nSPS) is 11.8. The van der Waals surface area contributed by atoms with Crippen LogP contribution >= 0.6 is 0 Å². The standard InChI is InChI=1S/C16H26N4O/c1-13(2)21-16-6-4-14(5-7-16)19-15(8-9-17)12-20(3)11-10-18/h4-9,13,17,19H,10-12,18H2,1-3H3/b15-8-,17-9?. The number of anilines is 1. The van der Waals surface area contributed by atoms with Crippen molar-refractivity contribution in [3.63, 3.8) is 0 Å². The predicted molar refractivity (Wildman–Crippen MR) is 89.2 cm³/mol. The third kappa shape index (κ3) is 6.92. The lowest BCUT2D eigenvalue weighted by Crippen LogP contribution is -2.29. The summed E-state index contributed by atoms with van der Waals surface area (Å²) in [7, 11) is 2.01. The molecular weight excluding hydrogens is 264 g/mol. The molecule has 5 heteroatoms. The highest BCUT2D eigenvalue weighted by molar-refractivity contribution is 5.70. The predicted octanol–water partition coefficient (Wildman–Crippen LogP) is 2.31. The van der Waals surface area contributed by atoms with Crippen molar-refractivity contribution < 1.29 is 4.74 Å². The molecule has 5 nitrogen and oxygen atoms in total. The van der Waals surface area contributed by atoms with Crippen LogP contribution in [0.2, 0.25) is 0 Å². The molecular formula is C16H26N4O. The fourth-order valence-electron chi connectivity index (χ4n) is 1.90. The number of benzene rings is 1. The van der Waals surface area contributed by atoms with Crippen LogP contribution < -0.4 is 15.8 Å². The van der Waals surface area contributed by atoms with Crippen LogP contribution in [0.4, 0.5) is 5.69 Å². The molecule has 1 aromatic rings. The zero-order valence-electron chi connectivity index (χ0n) is 13.1. The summed E-state index contributed by atoms with van der Waals surface area (Å²) in [5, 5.41) is 10.6. The summed E-state index contributed by atoms with van der Waals surface area (Å²) in [5.74, 6) is 0.855. The van der Waals surface area contributed by atoms with E-state index in [0.717, 1.165) is 30.2 Å². The lowest BCUT2D eigenvalue weighted by molar-refractivity contribution is 0.242. The van der Waals surface area contributed by atoms with Crippen LogP contribution in [0.3, 0.4) is 0 Å². The first-order chi connectivity index (χ1) is 10.0. The second-order valence-electron chi connectivity index (χ2n) is 5.20. The summed E-state index contributed by atoms with van der Waals surface area (Å²) in [4.78, 5) is 2.11. The summed E-state index contributed by atoms with van der Waals surface area (Å²) in [5.41, 5.74) is 7.48. The van der Waals surface area contributed by atoms with Crippen molar-refractivity contribution >= 4 is 11.9 Å². The highest BCUT2D eigenvalue weighted by atomic mass is 16.5. The van der Waals surface area contributed by atoms with Crippen molar-refractivity contribution in [1.82, 2.24) is 4.90 Å². The minimum atomic E-state index is 0.169. The first-order valence-electron chi connectivity index (χ1n) is 7.17. The molecule has 0 aliphatic heterocycles. The second-order valence-corrected chi connectivity index (χ2v) is 5.20. The molecule has 0 aliphatic rings. The Kier molecular flexibility index (Phi) is 7.50. The molecule has 0 atom stereocenters. The van der Waals surface area contributed by atoms with Gasteiger partial charge in [0.15, 0.2) is 0 Å². The number of hydrogen-bond donors (Lipinski definition) is 3. The molecule has 0 saturated heterocycles. The zero-order chi connectivity index (χ0) is 15.7. The van der Waals surface area contributed by atoms with Crippen molar-refractivity contribution in [3.8, 4) is 5.75 Å². The van der Waals surface area contributed by atoms with Gasteiger partial charge in [-0.2, -0.15) is 0 Å². The molecule has 0 aromatic heterocycles. The van der Waals surface area contributed by atoms with Crippen LogP contribution in [-0.4, -0.2) is 43.9 Å². The highest BCUT2D eigenvalue weighted by Crippen LogP contribution is 2.18. The fraction of sp³-hybridized carbons (Fsp3) is 0.438. The van der Waals surface area contributed by atoms with Gasteiger partial charge in [0.2, 0.25) is 0 Å². The van der Waals surface area contributed by atoms with Crippen molar-refractivity contribution in [1.29, 1.82) is 5.41 Å². The molecule has 0 bridgehead atoms. The molecule has 0 heterocycles. The van der Waals surface area contributed by atoms with E-state index in [0.29, 0.717) is 6.54 Å². The molecule has 116 valence electrons. The number of nitrogens with zero attached hydrogens (tertiary/aromatic N) is 1. The van der Waals surface area contributed by atoms with Crippen LogP contribution in [0.1, 0.15) is 13.8 Å². The minimum Gasteiger partial charge on any atom is -0.491 e. The van der Waals surface area contributed by atoms with Gasteiger partial charge >= 0.3 is 0 Å². The molecule has 21 heavy (non-hydrogen) atoms. The van der Waals surface area contributed by atoms with Gasteiger partial charge in [-0.15, -0.1) is 0 Å². The molecule has 1 rings (SSSR count). The largest absolute Gasteiger partial charge is 0.491 e. The Morgan fingerprint density at radius 1 is 1.38 bits per heavy atom. The van der Waals surface area contributed by atoms with Gasteiger partial charge in [0.1, 0.15) is 5.75 Å². The summed E-state index contributed by atoms with van der Waals surface area (Å²) in [6.07, 6.45) is 3.21. The Bertz CT molecular complexity index is 454. The Morgan fingerprint density at radius 3 is 2.57 bits per heavy atom. The highest BCUT2D eigenvalue weighted by Gasteiger charge is 2.03. The number of hydrogen-bond acceptors (Lipinski definition) is 5. The van der Waals surface area contributed by atoms with Gasteiger partial charge in [-0.3, -0.25) is 4.90 Å². The van der Waals surface area contributed by atoms with E-state index in [4.69, 9.17) is 15.9 Å². The van der Waals surface area contributed by atoms with E-state index in [1.165, 1.54) is 6.21 Å². The lowest BCUT2D eigenvalue weighted by Gasteiger charge is -2.19. The van der Waals surface area contributed by atoms with E-state index in [-0.39, 0.29) is 6.10 Å². The Hall–Kier alpha value is -1.85. The van der Waals surface area contributed by atoms with E-state index >= 15 is 0 Å². The molecule has 0 saturated carbocycles. The average Bonchev–Trinajstić information content (AvgIpc) is 2.41. The van der Waals surface area contributed by atoms with Gasteiger partial charge < -0.3 is 21.2 Å². The van der Waals surface area contributed by atoms with Crippen molar-refractivity contribution in [2.45, 2.75) is 20.0 Å². The number of ether oxygens (including phenoxy) is 1. The van der Waals surface area contributed by atoms with Crippen molar-refractivity contribution in [2.24, 2.45) is 5.73 Å². The molecule has 1 aromatic carbocycles. The van der Waals surface area contributed by atoms with E-state index in [9.17, 15) is 0 Å². The van der Waals surface area contributed by atoms with E-state index in [1.807, 2.05) is 45.2 Å². The van der Waals surface area contributed by atoms with Crippen LogP contribution in [0.25, 0.3) is 0 Å². The molecule has 4 N–H and O–H groups in total. The number of allylic oxidation sites excluding steroid dienone is 1. The molecule has 0 amide bonds. The number of nitrogens with one attached hydrogen (secondary N) is 2. The maximum absolute atomic E-state index is 7.25. The van der Waals surface area contributed by atoms with Crippen molar-refractivity contribution in [2.75, 3.05) is 32.0 Å². The van der Waals surface area contributed by atoms with E-state index in [1.54, 1.807) is 6.08 Å². The molecule has 0 aliphatic carbocycles. The van der Waals surface area contributed by atoms with Gasteiger partial charge in [-0.25, -0.2) is 0 Å². The number of rotatable bonds is 9. The third-order valence-corrected chi connectivity index (χ3v) is 2.77. The van der Waals surface area contributed by atoms with Crippen LogP contribution in [0.5, 0.6) is 5.75 Å². The molecule has 0 fully saturated rings. The van der Waals surface area contributed by atoms with Crippen LogP contribution in [-0.2, 0) is 0 Å². The smallest absolute Gasteiger partial charge is 0.119 e. The molecule has 0 spiro atoms. The Balaban J connectivity index is 2.66.